The van der Waals surface area contributed by atoms with Crippen molar-refractivity contribution in [2.45, 2.75) is 18.9 Å². The summed E-state index contributed by atoms with van der Waals surface area (Å²) in [5.41, 5.74) is 0.751. The van der Waals surface area contributed by atoms with Gasteiger partial charge in [0.05, 0.1) is 0 Å². The number of carboxylic acids is 1. The highest BCUT2D eigenvalue weighted by atomic mass is 16.4. The van der Waals surface area contributed by atoms with Crippen molar-refractivity contribution in [1.29, 1.82) is 0 Å². The molecule has 0 spiro atoms. The molecule has 0 unspecified atom stereocenters. The van der Waals surface area contributed by atoms with Gasteiger partial charge in [0.1, 0.15) is 11.8 Å². The number of hydrogen-bond acceptors (Lipinski definition) is 4. The minimum Gasteiger partial charge on any atom is -0.508 e. The SMILES string of the molecule is O=C(CC1CNC1)N[C@@H](Cc1ccc(O)cc1)C(=O)O. The summed E-state index contributed by atoms with van der Waals surface area (Å²) in [6, 6.07) is 5.34. The molecule has 20 heavy (non-hydrogen) atoms. The molecule has 0 aromatic heterocycles. The number of aromatic hydroxyl groups is 1. The van der Waals surface area contributed by atoms with Gasteiger partial charge >= 0.3 is 5.97 Å². The van der Waals surface area contributed by atoms with Crippen molar-refractivity contribution in [2.75, 3.05) is 13.1 Å². The van der Waals surface area contributed by atoms with Gasteiger partial charge in [-0.15, -0.1) is 0 Å². The smallest absolute Gasteiger partial charge is 0.326 e. The highest BCUT2D eigenvalue weighted by Gasteiger charge is 2.24. The molecule has 1 atom stereocenters. The van der Waals surface area contributed by atoms with Gasteiger partial charge in [-0.3, -0.25) is 4.79 Å². The summed E-state index contributed by atoms with van der Waals surface area (Å²) >= 11 is 0. The van der Waals surface area contributed by atoms with E-state index in [-0.39, 0.29) is 18.1 Å². The first-order valence-corrected chi connectivity index (χ1v) is 6.55. The Morgan fingerprint density at radius 3 is 2.45 bits per heavy atom. The molecule has 108 valence electrons. The molecule has 1 saturated heterocycles. The fourth-order valence-electron chi connectivity index (χ4n) is 2.08. The van der Waals surface area contributed by atoms with Crippen molar-refractivity contribution in [1.82, 2.24) is 10.6 Å². The lowest BCUT2D eigenvalue weighted by molar-refractivity contribution is -0.142. The molecule has 1 heterocycles. The van der Waals surface area contributed by atoms with Crippen molar-refractivity contribution in [2.24, 2.45) is 5.92 Å². The third-order valence-electron chi connectivity index (χ3n) is 3.35. The zero-order chi connectivity index (χ0) is 14.5. The molecule has 2 rings (SSSR count). The quantitative estimate of drug-likeness (QED) is 0.592. The molecular formula is C14H18N2O4. The summed E-state index contributed by atoms with van der Waals surface area (Å²) in [5.74, 6) is -0.860. The van der Waals surface area contributed by atoms with Gasteiger partial charge in [0.15, 0.2) is 0 Å². The highest BCUT2D eigenvalue weighted by molar-refractivity contribution is 5.83. The summed E-state index contributed by atoms with van der Waals surface area (Å²) in [6.07, 6.45) is 0.552. The van der Waals surface area contributed by atoms with Crippen LogP contribution >= 0.6 is 0 Å². The second kappa shape index (κ2) is 6.38. The molecule has 0 radical (unpaired) electrons. The Bertz CT molecular complexity index is 482. The normalized spacial score (nSPS) is 16.2. The number of phenolic OH excluding ortho intramolecular Hbond substituents is 1. The molecule has 4 N–H and O–H groups in total. The average Bonchev–Trinajstić information content (AvgIpc) is 2.35. The van der Waals surface area contributed by atoms with Crippen LogP contribution in [0.1, 0.15) is 12.0 Å². The zero-order valence-electron chi connectivity index (χ0n) is 11.0. The number of carbonyl (C=O) groups is 2. The van der Waals surface area contributed by atoms with E-state index >= 15 is 0 Å². The Hall–Kier alpha value is -2.08. The van der Waals surface area contributed by atoms with E-state index in [0.717, 1.165) is 18.7 Å². The van der Waals surface area contributed by atoms with Gasteiger partial charge in [-0.1, -0.05) is 12.1 Å². The molecule has 0 bridgehead atoms. The molecule has 0 aliphatic carbocycles. The van der Waals surface area contributed by atoms with Crippen LogP contribution in [0.25, 0.3) is 0 Å². The number of nitrogens with one attached hydrogen (secondary N) is 2. The molecule has 0 saturated carbocycles. The summed E-state index contributed by atoms with van der Waals surface area (Å²) in [6.45, 7) is 1.62. The van der Waals surface area contributed by atoms with E-state index in [2.05, 4.69) is 10.6 Å². The van der Waals surface area contributed by atoms with Crippen molar-refractivity contribution >= 4 is 11.9 Å². The molecule has 1 fully saturated rings. The maximum absolute atomic E-state index is 11.8. The highest BCUT2D eigenvalue weighted by Crippen LogP contribution is 2.12. The summed E-state index contributed by atoms with van der Waals surface area (Å²) in [7, 11) is 0. The number of amides is 1. The number of carbonyl (C=O) groups excluding carboxylic acids is 1. The van der Waals surface area contributed by atoms with Crippen LogP contribution in [0.15, 0.2) is 24.3 Å². The predicted octanol–water partition coefficient (Wildman–Crippen LogP) is 0.114. The van der Waals surface area contributed by atoms with Crippen molar-refractivity contribution in [3.05, 3.63) is 29.8 Å². The van der Waals surface area contributed by atoms with E-state index in [4.69, 9.17) is 5.11 Å². The maximum Gasteiger partial charge on any atom is 0.326 e. The molecule has 1 aliphatic heterocycles. The molecule has 6 nitrogen and oxygen atoms in total. The van der Waals surface area contributed by atoms with E-state index < -0.39 is 12.0 Å². The van der Waals surface area contributed by atoms with Crippen LogP contribution in [0.2, 0.25) is 0 Å². The largest absolute Gasteiger partial charge is 0.508 e. The van der Waals surface area contributed by atoms with Crippen molar-refractivity contribution in [3.8, 4) is 5.75 Å². The number of carboxylic acid groups (broad SMARTS) is 1. The van der Waals surface area contributed by atoms with E-state index in [0.29, 0.717) is 12.3 Å². The van der Waals surface area contributed by atoms with Gasteiger partial charge < -0.3 is 20.8 Å². The van der Waals surface area contributed by atoms with Crippen LogP contribution < -0.4 is 10.6 Å². The summed E-state index contributed by atoms with van der Waals surface area (Å²) in [4.78, 5) is 23.0. The third-order valence-corrected chi connectivity index (χ3v) is 3.35. The second-order valence-corrected chi connectivity index (χ2v) is 5.06. The number of hydrogen-bond donors (Lipinski definition) is 4. The lowest BCUT2D eigenvalue weighted by atomic mass is 9.98. The molecule has 1 aromatic rings. The number of rotatable bonds is 6. The third kappa shape index (κ3) is 3.96. The Kier molecular flexibility index (Phi) is 4.57. The first kappa shape index (κ1) is 14.3. The lowest BCUT2D eigenvalue weighted by Crippen LogP contribution is -2.47. The topological polar surface area (TPSA) is 98.7 Å². The molecule has 1 amide bonds. The zero-order valence-corrected chi connectivity index (χ0v) is 11.0. The van der Waals surface area contributed by atoms with Crippen molar-refractivity contribution < 1.29 is 19.8 Å². The molecular weight excluding hydrogens is 260 g/mol. The summed E-state index contributed by atoms with van der Waals surface area (Å²) in [5, 5.41) is 24.0. The maximum atomic E-state index is 11.8. The Balaban J connectivity index is 1.90. The van der Waals surface area contributed by atoms with Gasteiger partial charge in [0.25, 0.3) is 0 Å². The summed E-state index contributed by atoms with van der Waals surface area (Å²) < 4.78 is 0. The Morgan fingerprint density at radius 1 is 1.30 bits per heavy atom. The van der Waals surface area contributed by atoms with Gasteiger partial charge in [-0.05, 0) is 36.7 Å². The molecule has 1 aliphatic rings. The number of benzene rings is 1. The van der Waals surface area contributed by atoms with Gasteiger partial charge in [0.2, 0.25) is 5.91 Å². The van der Waals surface area contributed by atoms with Gasteiger partial charge in [-0.25, -0.2) is 4.79 Å². The van der Waals surface area contributed by atoms with Crippen LogP contribution in [0.4, 0.5) is 0 Å². The minimum atomic E-state index is -1.06. The van der Waals surface area contributed by atoms with Crippen molar-refractivity contribution in [3.63, 3.8) is 0 Å². The monoisotopic (exact) mass is 278 g/mol. The van der Waals surface area contributed by atoms with Crippen LogP contribution in [-0.4, -0.2) is 41.2 Å². The first-order chi connectivity index (χ1) is 9.54. The first-order valence-electron chi connectivity index (χ1n) is 6.55. The van der Waals surface area contributed by atoms with Crippen LogP contribution in [0.3, 0.4) is 0 Å². The van der Waals surface area contributed by atoms with E-state index in [9.17, 15) is 14.7 Å². The van der Waals surface area contributed by atoms with Gasteiger partial charge in [0, 0.05) is 12.8 Å². The minimum absolute atomic E-state index is 0.127. The number of aliphatic carboxylic acids is 1. The van der Waals surface area contributed by atoms with E-state index in [1.165, 1.54) is 12.1 Å². The Labute approximate surface area is 116 Å². The fourth-order valence-corrected chi connectivity index (χ4v) is 2.08. The van der Waals surface area contributed by atoms with E-state index in [1.807, 2.05) is 0 Å². The molecule has 6 heteroatoms. The fraction of sp³-hybridized carbons (Fsp3) is 0.429. The van der Waals surface area contributed by atoms with Crippen LogP contribution in [0, 0.1) is 5.92 Å². The predicted molar refractivity (Wildman–Crippen MR) is 72.4 cm³/mol. The van der Waals surface area contributed by atoms with Gasteiger partial charge in [-0.2, -0.15) is 0 Å². The standard InChI is InChI=1S/C14H18N2O4/c17-11-3-1-9(2-4-11)5-12(14(19)20)16-13(18)6-10-7-15-8-10/h1-4,10,12,15,17H,5-8H2,(H,16,18)(H,19,20)/t12-/m0/s1. The lowest BCUT2D eigenvalue weighted by Gasteiger charge is -2.27. The van der Waals surface area contributed by atoms with Crippen LogP contribution in [-0.2, 0) is 16.0 Å². The van der Waals surface area contributed by atoms with Crippen LogP contribution in [0.5, 0.6) is 5.75 Å². The van der Waals surface area contributed by atoms with E-state index in [1.54, 1.807) is 12.1 Å². The Morgan fingerprint density at radius 2 is 1.95 bits per heavy atom. The average molecular weight is 278 g/mol. The molecule has 1 aromatic carbocycles. The second-order valence-electron chi connectivity index (χ2n) is 5.06. The number of phenols is 1.